The summed E-state index contributed by atoms with van der Waals surface area (Å²) in [6.07, 6.45) is 3.45. The van der Waals surface area contributed by atoms with Gasteiger partial charge in [0.05, 0.1) is 11.4 Å². The summed E-state index contributed by atoms with van der Waals surface area (Å²) < 4.78 is 14.0. The van der Waals surface area contributed by atoms with Gasteiger partial charge in [0.25, 0.3) is 0 Å². The van der Waals surface area contributed by atoms with Gasteiger partial charge in [0.2, 0.25) is 0 Å². The third kappa shape index (κ3) is 2.90. The second-order valence-corrected chi connectivity index (χ2v) is 8.10. The number of anilines is 1. The van der Waals surface area contributed by atoms with E-state index in [0.29, 0.717) is 12.5 Å². The summed E-state index contributed by atoms with van der Waals surface area (Å²) in [5.41, 5.74) is 1.67. The van der Waals surface area contributed by atoms with Crippen molar-refractivity contribution >= 4 is 22.9 Å². The number of fused-ring (bicyclic) bond motifs is 2. The summed E-state index contributed by atoms with van der Waals surface area (Å²) in [5.74, 6) is 1.15. The molecular formula is C21H23FN6O. The summed E-state index contributed by atoms with van der Waals surface area (Å²) in [4.78, 5) is 30.6. The number of carbonyl (C=O) groups is 1. The van der Waals surface area contributed by atoms with Gasteiger partial charge >= 0.3 is 6.03 Å². The van der Waals surface area contributed by atoms with Crippen LogP contribution in [0.15, 0.2) is 42.9 Å². The molecule has 3 atom stereocenters. The lowest BCUT2D eigenvalue weighted by atomic mass is 9.89. The Balaban J connectivity index is 1.50. The van der Waals surface area contributed by atoms with Gasteiger partial charge in [0.1, 0.15) is 23.6 Å². The highest BCUT2D eigenvalue weighted by Crippen LogP contribution is 2.46. The van der Waals surface area contributed by atoms with E-state index in [4.69, 9.17) is 0 Å². The van der Waals surface area contributed by atoms with E-state index in [0.717, 1.165) is 35.5 Å². The molecule has 0 saturated carbocycles. The summed E-state index contributed by atoms with van der Waals surface area (Å²) >= 11 is 0. The van der Waals surface area contributed by atoms with E-state index >= 15 is 0 Å². The maximum absolute atomic E-state index is 14.0. The number of likely N-dealkylation sites (tertiary alicyclic amines) is 1. The van der Waals surface area contributed by atoms with Gasteiger partial charge in [-0.15, -0.1) is 0 Å². The number of urea groups is 1. The van der Waals surface area contributed by atoms with E-state index in [9.17, 15) is 9.18 Å². The molecule has 0 radical (unpaired) electrons. The van der Waals surface area contributed by atoms with Crippen LogP contribution in [0.1, 0.15) is 11.6 Å². The molecular weight excluding hydrogens is 371 g/mol. The lowest BCUT2D eigenvalue weighted by Gasteiger charge is -2.32. The van der Waals surface area contributed by atoms with Crippen LogP contribution >= 0.6 is 0 Å². The van der Waals surface area contributed by atoms with Crippen molar-refractivity contribution in [1.82, 2.24) is 24.8 Å². The molecule has 0 bridgehead atoms. The minimum Gasteiger partial charge on any atom is -0.355 e. The van der Waals surface area contributed by atoms with Crippen LogP contribution in [0.3, 0.4) is 0 Å². The monoisotopic (exact) mass is 394 g/mol. The molecule has 2 fully saturated rings. The molecule has 0 unspecified atom stereocenters. The van der Waals surface area contributed by atoms with Crippen molar-refractivity contribution in [3.8, 4) is 0 Å². The molecule has 29 heavy (non-hydrogen) atoms. The molecule has 1 aromatic carbocycles. The molecule has 2 amide bonds. The first-order valence-corrected chi connectivity index (χ1v) is 9.79. The number of amides is 2. The average molecular weight is 394 g/mol. The maximum Gasteiger partial charge on any atom is 0.320 e. The predicted octanol–water partition coefficient (Wildman–Crippen LogP) is 2.89. The Morgan fingerprint density at radius 1 is 1.21 bits per heavy atom. The number of aromatic nitrogens is 3. The number of H-pyrrole nitrogens is 1. The maximum atomic E-state index is 14.0. The Hall–Kier alpha value is -3.16. The fourth-order valence-corrected chi connectivity index (χ4v) is 4.90. The highest BCUT2D eigenvalue weighted by Gasteiger charge is 2.50. The SMILES string of the molecule is CN(C)C(=O)N1C[C@H]2CN(c3ncnc4[nH]ccc34)C[C@H]2[C@H]1c1cccc(F)c1. The molecule has 5 rings (SSSR count). The molecule has 7 nitrogen and oxygen atoms in total. The van der Waals surface area contributed by atoms with Gasteiger partial charge in [-0.1, -0.05) is 12.1 Å². The molecule has 2 saturated heterocycles. The van der Waals surface area contributed by atoms with Gasteiger partial charge in [-0.05, 0) is 23.8 Å². The van der Waals surface area contributed by atoms with E-state index in [2.05, 4.69) is 19.9 Å². The Morgan fingerprint density at radius 3 is 2.86 bits per heavy atom. The van der Waals surface area contributed by atoms with E-state index in [1.54, 1.807) is 37.5 Å². The molecule has 0 aliphatic carbocycles. The lowest BCUT2D eigenvalue weighted by Crippen LogP contribution is -2.41. The van der Waals surface area contributed by atoms with Gasteiger partial charge in [-0.2, -0.15) is 0 Å². The summed E-state index contributed by atoms with van der Waals surface area (Å²) in [5, 5.41) is 0.996. The molecule has 2 aromatic heterocycles. The predicted molar refractivity (Wildman–Crippen MR) is 108 cm³/mol. The highest BCUT2D eigenvalue weighted by molar-refractivity contribution is 5.87. The first kappa shape index (κ1) is 17.9. The molecule has 0 spiro atoms. The van der Waals surface area contributed by atoms with Crippen molar-refractivity contribution in [3.05, 3.63) is 54.2 Å². The second kappa shape index (κ2) is 6.72. The minimum absolute atomic E-state index is 0.0322. The smallest absolute Gasteiger partial charge is 0.320 e. The fourth-order valence-electron chi connectivity index (χ4n) is 4.90. The first-order chi connectivity index (χ1) is 14.0. The van der Waals surface area contributed by atoms with Crippen molar-refractivity contribution in [2.45, 2.75) is 6.04 Å². The lowest BCUT2D eigenvalue weighted by molar-refractivity contribution is 0.159. The summed E-state index contributed by atoms with van der Waals surface area (Å²) in [7, 11) is 3.52. The summed E-state index contributed by atoms with van der Waals surface area (Å²) in [6, 6.07) is 8.44. The molecule has 150 valence electrons. The normalized spacial score (nSPS) is 23.6. The average Bonchev–Trinajstić information content (AvgIpc) is 3.40. The number of benzene rings is 1. The van der Waals surface area contributed by atoms with E-state index in [1.165, 1.54) is 6.07 Å². The second-order valence-electron chi connectivity index (χ2n) is 8.10. The van der Waals surface area contributed by atoms with Crippen molar-refractivity contribution in [2.24, 2.45) is 11.8 Å². The summed E-state index contributed by atoms with van der Waals surface area (Å²) in [6.45, 7) is 2.23. The van der Waals surface area contributed by atoms with Gasteiger partial charge < -0.3 is 19.7 Å². The first-order valence-electron chi connectivity index (χ1n) is 9.79. The quantitative estimate of drug-likeness (QED) is 0.726. The third-order valence-corrected chi connectivity index (χ3v) is 6.12. The Kier molecular flexibility index (Phi) is 4.15. The Bertz CT molecular complexity index is 1070. The fraction of sp³-hybridized carbons (Fsp3) is 0.381. The number of nitrogens with one attached hydrogen (secondary N) is 1. The molecule has 8 heteroatoms. The number of hydrogen-bond donors (Lipinski definition) is 1. The van der Waals surface area contributed by atoms with Crippen LogP contribution in [-0.2, 0) is 0 Å². The van der Waals surface area contributed by atoms with Crippen LogP contribution in [0.2, 0.25) is 0 Å². The zero-order valence-corrected chi connectivity index (χ0v) is 16.4. The van der Waals surface area contributed by atoms with Crippen LogP contribution in [0.4, 0.5) is 15.0 Å². The number of aromatic amines is 1. The van der Waals surface area contributed by atoms with Crippen LogP contribution in [0.25, 0.3) is 11.0 Å². The van der Waals surface area contributed by atoms with Crippen molar-refractivity contribution in [1.29, 1.82) is 0 Å². The highest BCUT2D eigenvalue weighted by atomic mass is 19.1. The van der Waals surface area contributed by atoms with Crippen molar-refractivity contribution in [3.63, 3.8) is 0 Å². The largest absolute Gasteiger partial charge is 0.355 e. The van der Waals surface area contributed by atoms with Crippen LogP contribution < -0.4 is 4.90 Å². The van der Waals surface area contributed by atoms with Crippen molar-refractivity contribution < 1.29 is 9.18 Å². The Labute approximate surface area is 168 Å². The van der Waals surface area contributed by atoms with Gasteiger partial charge in [-0.3, -0.25) is 0 Å². The zero-order chi connectivity index (χ0) is 20.1. The van der Waals surface area contributed by atoms with Gasteiger partial charge in [-0.25, -0.2) is 19.2 Å². The van der Waals surface area contributed by atoms with Crippen LogP contribution in [0, 0.1) is 17.7 Å². The standard InChI is InChI=1S/C21H23FN6O/c1-26(2)21(29)28-10-14-9-27(20-16-6-7-23-19(16)24-12-25-20)11-17(14)18(28)13-4-3-5-15(22)8-13/h3-8,12,14,17-18H,9-11H2,1-2H3,(H,23,24,25)/t14-,17-,18-/m1/s1. The molecule has 1 N–H and O–H groups in total. The van der Waals surface area contributed by atoms with E-state index < -0.39 is 0 Å². The van der Waals surface area contributed by atoms with E-state index in [1.807, 2.05) is 23.2 Å². The van der Waals surface area contributed by atoms with Gasteiger partial charge in [0, 0.05) is 51.8 Å². The van der Waals surface area contributed by atoms with Crippen molar-refractivity contribution in [2.75, 3.05) is 38.6 Å². The number of rotatable bonds is 2. The van der Waals surface area contributed by atoms with Crippen LogP contribution in [-0.4, -0.2) is 64.5 Å². The molecule has 2 aliphatic heterocycles. The van der Waals surface area contributed by atoms with E-state index in [-0.39, 0.29) is 23.8 Å². The molecule has 3 aromatic rings. The molecule has 2 aliphatic rings. The number of nitrogens with zero attached hydrogens (tertiary/aromatic N) is 5. The third-order valence-electron chi connectivity index (χ3n) is 6.12. The molecule has 4 heterocycles. The Morgan fingerprint density at radius 2 is 2.07 bits per heavy atom. The minimum atomic E-state index is -0.275. The number of hydrogen-bond acceptors (Lipinski definition) is 4. The number of carbonyl (C=O) groups excluding carboxylic acids is 1. The number of halogens is 1. The topological polar surface area (TPSA) is 68.4 Å². The van der Waals surface area contributed by atoms with Gasteiger partial charge in [0.15, 0.2) is 0 Å². The zero-order valence-electron chi connectivity index (χ0n) is 16.4. The van der Waals surface area contributed by atoms with Crippen LogP contribution in [0.5, 0.6) is 0 Å².